The number of anilines is 1. The van der Waals surface area contributed by atoms with Gasteiger partial charge < -0.3 is 5.73 Å². The second kappa shape index (κ2) is 4.19. The van der Waals surface area contributed by atoms with E-state index in [0.717, 1.165) is 27.9 Å². The third kappa shape index (κ3) is 1.82. The van der Waals surface area contributed by atoms with Crippen LogP contribution < -0.4 is 5.73 Å². The van der Waals surface area contributed by atoms with Crippen molar-refractivity contribution in [1.82, 2.24) is 4.98 Å². The molecule has 0 fully saturated rings. The van der Waals surface area contributed by atoms with E-state index in [1.807, 2.05) is 31.3 Å². The summed E-state index contributed by atoms with van der Waals surface area (Å²) < 4.78 is 0. The molecule has 0 aliphatic heterocycles. The summed E-state index contributed by atoms with van der Waals surface area (Å²) in [7, 11) is 0. The lowest BCUT2D eigenvalue weighted by Gasteiger charge is -2.07. The van der Waals surface area contributed by atoms with E-state index in [-0.39, 0.29) is 0 Å². The number of nitrogens with two attached hydrogens (primary N) is 1. The minimum atomic E-state index is 0.727. The minimum absolute atomic E-state index is 0.727. The molecule has 2 N–H and O–H groups in total. The molecule has 0 aliphatic rings. The van der Waals surface area contributed by atoms with Crippen molar-refractivity contribution in [1.29, 1.82) is 0 Å². The summed E-state index contributed by atoms with van der Waals surface area (Å²) in [6, 6.07) is 8.18. The maximum absolute atomic E-state index is 5.84. The molecule has 0 saturated heterocycles. The molecule has 0 atom stereocenters. The molecule has 1 heterocycles. The first-order valence-corrected chi connectivity index (χ1v) is 5.15. The fourth-order valence-electron chi connectivity index (χ4n) is 1.63. The number of nitrogens with zero attached hydrogens (tertiary/aromatic N) is 1. The van der Waals surface area contributed by atoms with E-state index in [4.69, 9.17) is 5.73 Å². The average Bonchev–Trinajstić information content (AvgIpc) is 2.33. The van der Waals surface area contributed by atoms with Gasteiger partial charge in [0.1, 0.15) is 0 Å². The van der Waals surface area contributed by atoms with Crippen molar-refractivity contribution >= 4 is 11.8 Å². The highest BCUT2D eigenvalue weighted by Crippen LogP contribution is 2.26. The van der Waals surface area contributed by atoms with Crippen LogP contribution >= 0.6 is 0 Å². The first-order chi connectivity index (χ1) is 7.72. The molecule has 0 unspecified atom stereocenters. The Bertz CT molecular complexity index is 513. The van der Waals surface area contributed by atoms with Gasteiger partial charge in [-0.3, -0.25) is 4.98 Å². The lowest BCUT2D eigenvalue weighted by Crippen LogP contribution is -1.93. The predicted octanol–water partition coefficient (Wildman–Crippen LogP) is 3.28. The quantitative estimate of drug-likeness (QED) is 0.826. The van der Waals surface area contributed by atoms with E-state index in [9.17, 15) is 0 Å². The van der Waals surface area contributed by atoms with Crippen molar-refractivity contribution in [2.75, 3.05) is 5.73 Å². The first kappa shape index (κ1) is 10.4. The number of nitrogen functional groups attached to an aromatic ring is 1. The average molecular weight is 210 g/mol. The van der Waals surface area contributed by atoms with Crippen LogP contribution in [0.25, 0.3) is 17.2 Å². The van der Waals surface area contributed by atoms with Crippen LogP contribution in [-0.2, 0) is 0 Å². The maximum Gasteiger partial charge on any atom is 0.0536 e. The molecule has 16 heavy (non-hydrogen) atoms. The van der Waals surface area contributed by atoms with Crippen molar-refractivity contribution in [2.24, 2.45) is 0 Å². The first-order valence-electron chi connectivity index (χ1n) is 5.15. The molecular weight excluding hydrogens is 196 g/mol. The molecule has 0 amide bonds. The highest BCUT2D eigenvalue weighted by molar-refractivity contribution is 5.72. The summed E-state index contributed by atoms with van der Waals surface area (Å²) in [6.45, 7) is 5.74. The van der Waals surface area contributed by atoms with Crippen LogP contribution in [0.5, 0.6) is 0 Å². The van der Waals surface area contributed by atoms with E-state index in [1.165, 1.54) is 0 Å². The van der Waals surface area contributed by atoms with Crippen LogP contribution in [0.15, 0.2) is 43.2 Å². The summed E-state index contributed by atoms with van der Waals surface area (Å²) in [5.41, 5.74) is 10.9. The monoisotopic (exact) mass is 210 g/mol. The van der Waals surface area contributed by atoms with Crippen LogP contribution in [0.3, 0.4) is 0 Å². The Kier molecular flexibility index (Phi) is 2.73. The summed E-state index contributed by atoms with van der Waals surface area (Å²) in [5, 5.41) is 0. The third-order valence-corrected chi connectivity index (χ3v) is 2.71. The lowest BCUT2D eigenvalue weighted by atomic mass is 10.0. The van der Waals surface area contributed by atoms with Gasteiger partial charge in [-0.25, -0.2) is 0 Å². The number of hydrogen-bond acceptors (Lipinski definition) is 2. The van der Waals surface area contributed by atoms with Crippen LogP contribution in [0, 0.1) is 6.92 Å². The van der Waals surface area contributed by atoms with Gasteiger partial charge in [0.25, 0.3) is 0 Å². The zero-order valence-corrected chi connectivity index (χ0v) is 9.27. The zero-order chi connectivity index (χ0) is 11.5. The molecule has 0 radical (unpaired) electrons. The SMILES string of the molecule is C=Cc1ccc(-c2cncc(N)c2C)cc1. The predicted molar refractivity (Wildman–Crippen MR) is 68.9 cm³/mol. The van der Waals surface area contributed by atoms with Crippen molar-refractivity contribution in [3.63, 3.8) is 0 Å². The topological polar surface area (TPSA) is 38.9 Å². The third-order valence-electron chi connectivity index (χ3n) is 2.71. The molecule has 0 aliphatic carbocycles. The molecule has 0 spiro atoms. The molecule has 0 bridgehead atoms. The van der Waals surface area contributed by atoms with E-state index >= 15 is 0 Å². The number of aromatic nitrogens is 1. The standard InChI is InChI=1S/C14H14N2/c1-3-11-4-6-12(7-5-11)13-8-16-9-14(15)10(13)2/h3-9H,1,15H2,2H3. The minimum Gasteiger partial charge on any atom is -0.397 e. The number of hydrogen-bond donors (Lipinski definition) is 1. The van der Waals surface area contributed by atoms with Crippen molar-refractivity contribution < 1.29 is 0 Å². The van der Waals surface area contributed by atoms with Gasteiger partial charge in [0.05, 0.1) is 11.9 Å². The van der Waals surface area contributed by atoms with Crippen molar-refractivity contribution in [3.05, 3.63) is 54.4 Å². The molecule has 2 aromatic rings. The summed E-state index contributed by atoms with van der Waals surface area (Å²) in [4.78, 5) is 4.12. The Morgan fingerprint density at radius 3 is 2.50 bits per heavy atom. The van der Waals surface area contributed by atoms with Gasteiger partial charge in [0.2, 0.25) is 0 Å². The van der Waals surface area contributed by atoms with Gasteiger partial charge >= 0.3 is 0 Å². The van der Waals surface area contributed by atoms with Crippen LogP contribution in [0.1, 0.15) is 11.1 Å². The van der Waals surface area contributed by atoms with Crippen LogP contribution in [-0.4, -0.2) is 4.98 Å². The van der Waals surface area contributed by atoms with Crippen molar-refractivity contribution in [2.45, 2.75) is 6.92 Å². The zero-order valence-electron chi connectivity index (χ0n) is 9.27. The Morgan fingerprint density at radius 1 is 1.19 bits per heavy atom. The van der Waals surface area contributed by atoms with Gasteiger partial charge in [0.15, 0.2) is 0 Å². The number of benzene rings is 1. The second-order valence-electron chi connectivity index (χ2n) is 3.73. The number of pyridine rings is 1. The van der Waals surface area contributed by atoms with E-state index in [2.05, 4.69) is 23.7 Å². The fourth-order valence-corrected chi connectivity index (χ4v) is 1.63. The highest BCUT2D eigenvalue weighted by atomic mass is 14.7. The summed E-state index contributed by atoms with van der Waals surface area (Å²) >= 11 is 0. The molecule has 80 valence electrons. The molecule has 2 heteroatoms. The number of rotatable bonds is 2. The molecule has 1 aromatic carbocycles. The van der Waals surface area contributed by atoms with Gasteiger partial charge in [-0.2, -0.15) is 0 Å². The lowest BCUT2D eigenvalue weighted by molar-refractivity contribution is 1.29. The Hall–Kier alpha value is -2.09. The fraction of sp³-hybridized carbons (Fsp3) is 0.0714. The Labute approximate surface area is 95.5 Å². The van der Waals surface area contributed by atoms with E-state index in [0.29, 0.717) is 0 Å². The molecule has 2 rings (SSSR count). The van der Waals surface area contributed by atoms with E-state index in [1.54, 1.807) is 6.20 Å². The second-order valence-corrected chi connectivity index (χ2v) is 3.73. The molecule has 0 saturated carbocycles. The maximum atomic E-state index is 5.84. The molecule has 2 nitrogen and oxygen atoms in total. The van der Waals surface area contributed by atoms with Crippen LogP contribution in [0.4, 0.5) is 5.69 Å². The highest BCUT2D eigenvalue weighted by Gasteiger charge is 2.04. The van der Waals surface area contributed by atoms with Gasteiger partial charge in [-0.15, -0.1) is 0 Å². The summed E-state index contributed by atoms with van der Waals surface area (Å²) in [5.74, 6) is 0. The van der Waals surface area contributed by atoms with Crippen LogP contribution in [0.2, 0.25) is 0 Å². The molecule has 1 aromatic heterocycles. The van der Waals surface area contributed by atoms with Crippen molar-refractivity contribution in [3.8, 4) is 11.1 Å². The van der Waals surface area contributed by atoms with Gasteiger partial charge in [-0.05, 0) is 23.6 Å². The smallest absolute Gasteiger partial charge is 0.0536 e. The van der Waals surface area contributed by atoms with Gasteiger partial charge in [0, 0.05) is 11.8 Å². The summed E-state index contributed by atoms with van der Waals surface area (Å²) in [6.07, 6.45) is 5.35. The Balaban J connectivity index is 2.50. The normalized spacial score (nSPS) is 10.1. The largest absolute Gasteiger partial charge is 0.397 e. The Morgan fingerprint density at radius 2 is 1.88 bits per heavy atom. The van der Waals surface area contributed by atoms with Gasteiger partial charge in [-0.1, -0.05) is 36.9 Å². The molecular formula is C14H14N2. The van der Waals surface area contributed by atoms with E-state index < -0.39 is 0 Å².